The molecule has 1 heterocycles. The number of fused-ring (bicyclic) bond motifs is 1. The number of benzene rings is 1. The van der Waals surface area contributed by atoms with E-state index in [0.29, 0.717) is 0 Å². The zero-order valence-electron chi connectivity index (χ0n) is 6.57. The third kappa shape index (κ3) is 1.80. The number of thiol groups is 1. The van der Waals surface area contributed by atoms with Crippen molar-refractivity contribution in [3.8, 4) is 0 Å². The molecule has 4 radical (unpaired) electrons. The molecule has 3 heteroatoms. The SMILES string of the molecule is SN1C=CCc2ccccc21.[Sn]. The molecule has 1 nitrogen and oxygen atoms in total. The van der Waals surface area contributed by atoms with E-state index in [0.717, 1.165) is 6.42 Å². The minimum atomic E-state index is 0. The molecule has 0 aromatic heterocycles. The average molecular weight is 282 g/mol. The Bertz CT molecular complexity index is 298. The molecule has 0 unspecified atom stereocenters. The fourth-order valence-corrected chi connectivity index (χ4v) is 1.56. The van der Waals surface area contributed by atoms with Crippen molar-refractivity contribution >= 4 is 42.4 Å². The van der Waals surface area contributed by atoms with Crippen LogP contribution in [0.15, 0.2) is 36.5 Å². The van der Waals surface area contributed by atoms with Gasteiger partial charge in [0.2, 0.25) is 0 Å². The maximum absolute atomic E-state index is 4.29. The summed E-state index contributed by atoms with van der Waals surface area (Å²) in [6.07, 6.45) is 5.11. The molecule has 0 amide bonds. The zero-order valence-corrected chi connectivity index (χ0v) is 10.3. The van der Waals surface area contributed by atoms with Gasteiger partial charge in [-0.15, -0.1) is 0 Å². The normalized spacial score (nSPS) is 13.6. The monoisotopic (exact) mass is 283 g/mol. The number of rotatable bonds is 0. The molecule has 0 N–H and O–H groups in total. The van der Waals surface area contributed by atoms with Crippen LogP contribution in [-0.2, 0) is 6.42 Å². The van der Waals surface area contributed by atoms with Gasteiger partial charge in [0, 0.05) is 30.1 Å². The summed E-state index contributed by atoms with van der Waals surface area (Å²) in [4.78, 5) is 0. The van der Waals surface area contributed by atoms with E-state index >= 15 is 0 Å². The van der Waals surface area contributed by atoms with Gasteiger partial charge < -0.3 is 0 Å². The van der Waals surface area contributed by atoms with E-state index in [2.05, 4.69) is 37.1 Å². The van der Waals surface area contributed by atoms with Crippen LogP contribution in [0.2, 0.25) is 0 Å². The molecule has 1 aromatic carbocycles. The third-order valence-corrected chi connectivity index (χ3v) is 2.17. The molecular formula is C9H9NSSn. The first-order valence-corrected chi connectivity index (χ1v) is 4.00. The quantitative estimate of drug-likeness (QED) is 0.563. The smallest absolute Gasteiger partial charge is 0.0550 e. The second-order valence-electron chi connectivity index (χ2n) is 2.56. The van der Waals surface area contributed by atoms with Crippen LogP contribution in [0, 0.1) is 0 Å². The standard InChI is InChI=1S/C9H9NS.Sn/c11-10-7-3-5-8-4-1-2-6-9(8)10;/h1-4,6-7,11H,5H2;. The Morgan fingerprint density at radius 2 is 2.00 bits per heavy atom. The summed E-state index contributed by atoms with van der Waals surface area (Å²) >= 11 is 4.29. The van der Waals surface area contributed by atoms with Crippen LogP contribution in [0.4, 0.5) is 5.69 Å². The zero-order chi connectivity index (χ0) is 7.68. The Morgan fingerprint density at radius 3 is 2.75 bits per heavy atom. The molecule has 2 rings (SSSR count). The second kappa shape index (κ2) is 4.23. The Labute approximate surface area is 95.0 Å². The van der Waals surface area contributed by atoms with Crippen LogP contribution >= 0.6 is 12.8 Å². The molecule has 1 aliphatic heterocycles. The second-order valence-corrected chi connectivity index (χ2v) is 2.99. The summed E-state index contributed by atoms with van der Waals surface area (Å²) in [6.45, 7) is 0. The van der Waals surface area contributed by atoms with Gasteiger partial charge in [-0.1, -0.05) is 37.1 Å². The van der Waals surface area contributed by atoms with Crippen LogP contribution in [-0.4, -0.2) is 23.9 Å². The molecular weight excluding hydrogens is 273 g/mol. The van der Waals surface area contributed by atoms with E-state index in [1.165, 1.54) is 11.3 Å². The van der Waals surface area contributed by atoms with Crippen LogP contribution in [0.3, 0.4) is 0 Å². The van der Waals surface area contributed by atoms with E-state index in [1.54, 1.807) is 0 Å². The molecule has 0 bridgehead atoms. The molecule has 0 saturated heterocycles. The van der Waals surface area contributed by atoms with Crippen molar-refractivity contribution in [1.82, 2.24) is 0 Å². The Balaban J connectivity index is 0.000000720. The van der Waals surface area contributed by atoms with E-state index in [-0.39, 0.29) is 23.9 Å². The minimum Gasteiger partial charge on any atom is -0.294 e. The predicted octanol–water partition coefficient (Wildman–Crippen LogP) is 2.03. The number of para-hydroxylation sites is 1. The largest absolute Gasteiger partial charge is 0.294 e. The van der Waals surface area contributed by atoms with Crippen LogP contribution < -0.4 is 4.31 Å². The number of hydrogen-bond acceptors (Lipinski definition) is 2. The summed E-state index contributed by atoms with van der Waals surface area (Å²) in [7, 11) is 0. The maximum atomic E-state index is 4.29. The van der Waals surface area contributed by atoms with Crippen molar-refractivity contribution in [2.24, 2.45) is 0 Å². The molecule has 12 heavy (non-hydrogen) atoms. The van der Waals surface area contributed by atoms with Crippen LogP contribution in [0.25, 0.3) is 0 Å². The van der Waals surface area contributed by atoms with Gasteiger partial charge in [-0.05, 0) is 18.1 Å². The number of anilines is 1. The molecule has 0 fully saturated rings. The molecule has 0 aliphatic carbocycles. The van der Waals surface area contributed by atoms with Crippen LogP contribution in [0.5, 0.6) is 0 Å². The topological polar surface area (TPSA) is 3.24 Å². The summed E-state index contributed by atoms with van der Waals surface area (Å²) in [5.74, 6) is 0. The van der Waals surface area contributed by atoms with Crippen molar-refractivity contribution in [1.29, 1.82) is 0 Å². The first-order chi connectivity index (χ1) is 5.38. The van der Waals surface area contributed by atoms with Gasteiger partial charge in [0.05, 0.1) is 5.69 Å². The third-order valence-electron chi connectivity index (χ3n) is 1.82. The molecule has 0 spiro atoms. The van der Waals surface area contributed by atoms with Crippen molar-refractivity contribution in [3.63, 3.8) is 0 Å². The fraction of sp³-hybridized carbons (Fsp3) is 0.111. The van der Waals surface area contributed by atoms with Crippen LogP contribution in [0.1, 0.15) is 5.56 Å². The molecule has 1 aromatic rings. The predicted molar refractivity (Wildman–Crippen MR) is 56.5 cm³/mol. The van der Waals surface area contributed by atoms with E-state index < -0.39 is 0 Å². The summed E-state index contributed by atoms with van der Waals surface area (Å²) in [6, 6.07) is 8.29. The van der Waals surface area contributed by atoms with E-state index in [9.17, 15) is 0 Å². The van der Waals surface area contributed by atoms with Gasteiger partial charge in [-0.2, -0.15) is 0 Å². The van der Waals surface area contributed by atoms with Gasteiger partial charge in [0.25, 0.3) is 0 Å². The number of hydrogen-bond donors (Lipinski definition) is 1. The van der Waals surface area contributed by atoms with E-state index in [4.69, 9.17) is 0 Å². The van der Waals surface area contributed by atoms with Crippen molar-refractivity contribution in [2.45, 2.75) is 6.42 Å². The van der Waals surface area contributed by atoms with Gasteiger partial charge in [-0.3, -0.25) is 4.31 Å². The minimum absolute atomic E-state index is 0. The van der Waals surface area contributed by atoms with Gasteiger partial charge in [-0.25, -0.2) is 0 Å². The molecule has 0 atom stereocenters. The summed E-state index contributed by atoms with van der Waals surface area (Å²) < 4.78 is 1.85. The maximum Gasteiger partial charge on any atom is 0.0550 e. The van der Waals surface area contributed by atoms with Crippen molar-refractivity contribution in [3.05, 3.63) is 42.1 Å². The Kier molecular flexibility index (Phi) is 3.52. The molecule has 0 saturated carbocycles. The summed E-state index contributed by atoms with van der Waals surface area (Å²) in [5, 5.41) is 0. The summed E-state index contributed by atoms with van der Waals surface area (Å²) in [5.41, 5.74) is 2.53. The first-order valence-electron chi connectivity index (χ1n) is 3.60. The Hall–Kier alpha value is -0.0913. The van der Waals surface area contributed by atoms with Gasteiger partial charge >= 0.3 is 0 Å². The van der Waals surface area contributed by atoms with Crippen molar-refractivity contribution in [2.75, 3.05) is 4.31 Å². The average Bonchev–Trinajstić information content (AvgIpc) is 2.06. The van der Waals surface area contributed by atoms with Gasteiger partial charge in [0.1, 0.15) is 0 Å². The first kappa shape index (κ1) is 9.99. The van der Waals surface area contributed by atoms with Gasteiger partial charge in [0.15, 0.2) is 0 Å². The van der Waals surface area contributed by atoms with E-state index in [1.807, 2.05) is 16.6 Å². The fourth-order valence-electron chi connectivity index (χ4n) is 1.27. The number of nitrogens with zero attached hydrogens (tertiary/aromatic N) is 1. The molecule has 1 aliphatic rings. The molecule has 60 valence electrons. The van der Waals surface area contributed by atoms with Crippen molar-refractivity contribution < 1.29 is 0 Å². The number of allylic oxidation sites excluding steroid dienone is 1. The Morgan fingerprint density at radius 1 is 1.25 bits per heavy atom.